The normalized spacial score (nSPS) is 26.8. The van der Waals surface area contributed by atoms with Gasteiger partial charge in [-0.05, 0) is 48.3 Å². The van der Waals surface area contributed by atoms with Gasteiger partial charge >= 0.3 is 6.18 Å². The van der Waals surface area contributed by atoms with E-state index in [0.717, 1.165) is 16.7 Å². The Balaban J connectivity index is 1.37. The fourth-order valence-corrected chi connectivity index (χ4v) is 6.41. The maximum absolute atomic E-state index is 13.3. The third-order valence-electron chi connectivity index (χ3n) is 8.82. The van der Waals surface area contributed by atoms with Crippen LogP contribution in [0, 0.1) is 11.8 Å². The quantitative estimate of drug-likeness (QED) is 0.249. The number of rotatable bonds is 12. The van der Waals surface area contributed by atoms with Gasteiger partial charge in [-0.25, -0.2) is 0 Å². The van der Waals surface area contributed by atoms with Crippen molar-refractivity contribution in [1.82, 2.24) is 4.90 Å². The average Bonchev–Trinajstić information content (AvgIpc) is 3.03. The van der Waals surface area contributed by atoms with Gasteiger partial charge in [-0.15, -0.1) is 0 Å². The number of ether oxygens (including phenoxy) is 3. The molecule has 0 amide bonds. The lowest BCUT2D eigenvalue weighted by Crippen LogP contribution is -2.65. The molecule has 0 bridgehead atoms. The number of likely N-dealkylation sites (tertiary alicyclic amines) is 1. The topological polar surface area (TPSA) is 51.2 Å². The average molecular weight is 598 g/mol. The Hall–Kier alpha value is -2.75. The predicted molar refractivity (Wildman–Crippen MR) is 159 cm³/mol. The summed E-state index contributed by atoms with van der Waals surface area (Å²) in [5.74, 6) is -1.11. The van der Waals surface area contributed by atoms with E-state index in [4.69, 9.17) is 14.2 Å². The Bertz CT molecular complexity index is 1210. The Kier molecular flexibility index (Phi) is 11.3. The summed E-state index contributed by atoms with van der Waals surface area (Å²) in [4.78, 5) is 2.17. The number of benzene rings is 3. The molecule has 1 aliphatic heterocycles. The molecule has 2 aliphatic rings. The van der Waals surface area contributed by atoms with Crippen molar-refractivity contribution in [3.63, 3.8) is 0 Å². The van der Waals surface area contributed by atoms with Crippen LogP contribution in [0.4, 0.5) is 13.2 Å². The van der Waals surface area contributed by atoms with E-state index in [9.17, 15) is 18.3 Å². The first-order valence-electron chi connectivity index (χ1n) is 15.3. The van der Waals surface area contributed by atoms with Gasteiger partial charge in [0.1, 0.15) is 12.2 Å². The SMILES string of the molecule is OCC1C(OCc2ccccc2)C(OCc2ccccc2)C(OCc2ccccc2)CN1CC1CCC(C(F)(F)F)CC1. The van der Waals surface area contributed by atoms with Crippen LogP contribution in [0.2, 0.25) is 0 Å². The Morgan fingerprint density at radius 2 is 1.12 bits per heavy atom. The minimum Gasteiger partial charge on any atom is -0.395 e. The van der Waals surface area contributed by atoms with E-state index in [1.807, 2.05) is 91.0 Å². The van der Waals surface area contributed by atoms with Crippen LogP contribution in [0.15, 0.2) is 91.0 Å². The van der Waals surface area contributed by atoms with Gasteiger partial charge < -0.3 is 19.3 Å². The van der Waals surface area contributed by atoms with Crippen molar-refractivity contribution in [3.8, 4) is 0 Å². The van der Waals surface area contributed by atoms with Crippen LogP contribution in [0.3, 0.4) is 0 Å². The zero-order chi connectivity index (χ0) is 30.1. The van der Waals surface area contributed by atoms with Crippen molar-refractivity contribution >= 4 is 0 Å². The van der Waals surface area contributed by atoms with Gasteiger partial charge in [0.25, 0.3) is 0 Å². The minimum absolute atomic E-state index is 0.110. The number of piperidine rings is 1. The molecule has 1 heterocycles. The molecule has 0 spiro atoms. The maximum atomic E-state index is 13.3. The largest absolute Gasteiger partial charge is 0.395 e. The first kappa shape index (κ1) is 31.7. The maximum Gasteiger partial charge on any atom is 0.391 e. The molecule has 8 heteroatoms. The van der Waals surface area contributed by atoms with E-state index in [0.29, 0.717) is 45.8 Å². The number of nitrogens with zero attached hydrogens (tertiary/aromatic N) is 1. The van der Waals surface area contributed by atoms with Crippen molar-refractivity contribution in [2.24, 2.45) is 11.8 Å². The molecule has 43 heavy (non-hydrogen) atoms. The number of aliphatic hydroxyl groups is 1. The van der Waals surface area contributed by atoms with Gasteiger partial charge in [-0.3, -0.25) is 4.90 Å². The van der Waals surface area contributed by atoms with E-state index in [2.05, 4.69) is 4.90 Å². The highest BCUT2D eigenvalue weighted by atomic mass is 19.4. The minimum atomic E-state index is -4.14. The van der Waals surface area contributed by atoms with Gasteiger partial charge in [0.2, 0.25) is 0 Å². The second-order valence-corrected chi connectivity index (χ2v) is 11.8. The van der Waals surface area contributed by atoms with Crippen LogP contribution >= 0.6 is 0 Å². The lowest BCUT2D eigenvalue weighted by atomic mass is 9.80. The summed E-state index contributed by atoms with van der Waals surface area (Å²) in [6, 6.07) is 29.3. The molecule has 1 saturated heterocycles. The first-order chi connectivity index (χ1) is 20.9. The molecule has 5 rings (SSSR count). The molecular weight excluding hydrogens is 555 g/mol. The van der Waals surface area contributed by atoms with E-state index in [-0.39, 0.29) is 37.5 Å². The van der Waals surface area contributed by atoms with Crippen LogP contribution in [0.1, 0.15) is 42.4 Å². The summed E-state index contributed by atoms with van der Waals surface area (Å²) in [7, 11) is 0. The van der Waals surface area contributed by atoms with Crippen LogP contribution in [0.25, 0.3) is 0 Å². The predicted octanol–water partition coefficient (Wildman–Crippen LogP) is 6.79. The second kappa shape index (κ2) is 15.3. The van der Waals surface area contributed by atoms with Crippen molar-refractivity contribution in [2.45, 2.75) is 76.0 Å². The molecule has 0 aromatic heterocycles. The van der Waals surface area contributed by atoms with Crippen molar-refractivity contribution in [1.29, 1.82) is 0 Å². The Labute approximate surface area is 252 Å². The van der Waals surface area contributed by atoms with Crippen LogP contribution in [0.5, 0.6) is 0 Å². The van der Waals surface area contributed by atoms with Gasteiger partial charge in [-0.1, -0.05) is 91.0 Å². The fourth-order valence-electron chi connectivity index (χ4n) is 6.41. The Morgan fingerprint density at radius 1 is 0.651 bits per heavy atom. The summed E-state index contributed by atoms with van der Waals surface area (Å²) in [5.41, 5.74) is 3.06. The van der Waals surface area contributed by atoms with Gasteiger partial charge in [0, 0.05) is 13.1 Å². The third-order valence-corrected chi connectivity index (χ3v) is 8.82. The van der Waals surface area contributed by atoms with E-state index < -0.39 is 24.3 Å². The monoisotopic (exact) mass is 597 g/mol. The molecule has 2 fully saturated rings. The summed E-state index contributed by atoms with van der Waals surface area (Å²) >= 11 is 0. The molecular formula is C35H42F3NO4. The molecule has 1 N–H and O–H groups in total. The summed E-state index contributed by atoms with van der Waals surface area (Å²) < 4.78 is 59.7. The first-order valence-corrected chi connectivity index (χ1v) is 15.3. The van der Waals surface area contributed by atoms with Crippen molar-refractivity contribution < 1.29 is 32.5 Å². The molecule has 0 radical (unpaired) electrons. The van der Waals surface area contributed by atoms with E-state index >= 15 is 0 Å². The molecule has 4 atom stereocenters. The zero-order valence-corrected chi connectivity index (χ0v) is 24.4. The van der Waals surface area contributed by atoms with Crippen LogP contribution in [-0.4, -0.2) is 60.2 Å². The van der Waals surface area contributed by atoms with Gasteiger partial charge in [0.15, 0.2) is 0 Å². The number of hydrogen-bond donors (Lipinski definition) is 1. The molecule has 232 valence electrons. The van der Waals surface area contributed by atoms with Crippen molar-refractivity contribution in [2.75, 3.05) is 19.7 Å². The number of hydrogen-bond acceptors (Lipinski definition) is 5. The van der Waals surface area contributed by atoms with Crippen LogP contribution in [-0.2, 0) is 34.0 Å². The van der Waals surface area contributed by atoms with Crippen LogP contribution < -0.4 is 0 Å². The molecule has 4 unspecified atom stereocenters. The number of alkyl halides is 3. The third kappa shape index (κ3) is 8.89. The zero-order valence-electron chi connectivity index (χ0n) is 24.4. The smallest absolute Gasteiger partial charge is 0.391 e. The molecule has 1 saturated carbocycles. The van der Waals surface area contributed by atoms with Gasteiger partial charge in [0.05, 0.1) is 44.5 Å². The molecule has 5 nitrogen and oxygen atoms in total. The summed E-state index contributed by atoms with van der Waals surface area (Å²) in [6.45, 7) is 1.99. The van der Waals surface area contributed by atoms with Gasteiger partial charge in [-0.2, -0.15) is 13.2 Å². The number of aliphatic hydroxyl groups excluding tert-OH is 1. The highest BCUT2D eigenvalue weighted by Gasteiger charge is 2.47. The highest BCUT2D eigenvalue weighted by Crippen LogP contribution is 2.40. The standard InChI is InChI=1S/C35H42F3NO4/c36-35(37,38)30-18-16-26(17-19-30)20-39-21-32(41-23-27-10-4-1-5-11-27)34(43-25-29-14-8-3-9-15-29)33(31(39)22-40)42-24-28-12-6-2-7-13-28/h1-15,26,30-34,40H,16-25H2. The van der Waals surface area contributed by atoms with E-state index in [1.165, 1.54) is 0 Å². The Morgan fingerprint density at radius 3 is 1.58 bits per heavy atom. The molecule has 3 aromatic carbocycles. The number of halogens is 3. The molecule has 3 aromatic rings. The lowest BCUT2D eigenvalue weighted by Gasteiger charge is -2.49. The highest BCUT2D eigenvalue weighted by molar-refractivity contribution is 5.16. The van der Waals surface area contributed by atoms with E-state index in [1.54, 1.807) is 0 Å². The summed E-state index contributed by atoms with van der Waals surface area (Å²) in [5, 5.41) is 10.7. The second-order valence-electron chi connectivity index (χ2n) is 11.8. The summed E-state index contributed by atoms with van der Waals surface area (Å²) in [6.07, 6.45) is -4.18. The fraction of sp³-hybridized carbons (Fsp3) is 0.486. The van der Waals surface area contributed by atoms with Crippen molar-refractivity contribution in [3.05, 3.63) is 108 Å². The lowest BCUT2D eigenvalue weighted by molar-refractivity contribution is -0.210. The molecule has 1 aliphatic carbocycles.